The van der Waals surface area contributed by atoms with Gasteiger partial charge in [-0.15, -0.1) is 11.3 Å². The highest BCUT2D eigenvalue weighted by atomic mass is 32.1. The van der Waals surface area contributed by atoms with Crippen molar-refractivity contribution in [1.29, 1.82) is 0 Å². The van der Waals surface area contributed by atoms with Crippen LogP contribution in [0.4, 0.5) is 18.9 Å². The molecule has 2 N–H and O–H groups in total. The average molecular weight is 482 g/mol. The molecule has 0 bridgehead atoms. The normalized spacial score (nSPS) is 11.8. The van der Waals surface area contributed by atoms with Crippen molar-refractivity contribution in [3.63, 3.8) is 0 Å². The molecule has 0 aliphatic carbocycles. The lowest BCUT2D eigenvalue weighted by Crippen LogP contribution is -2.40. The van der Waals surface area contributed by atoms with E-state index >= 15 is 0 Å². The second kappa shape index (κ2) is 9.40. The summed E-state index contributed by atoms with van der Waals surface area (Å²) < 4.78 is 46.2. The molecule has 0 aliphatic rings. The van der Waals surface area contributed by atoms with Crippen LogP contribution in [0.25, 0.3) is 10.2 Å². The van der Waals surface area contributed by atoms with Gasteiger partial charge in [-0.1, -0.05) is 0 Å². The van der Waals surface area contributed by atoms with E-state index in [0.717, 1.165) is 17.4 Å². The summed E-state index contributed by atoms with van der Waals surface area (Å²) in [4.78, 5) is 53.4. The van der Waals surface area contributed by atoms with Crippen molar-refractivity contribution >= 4 is 45.0 Å². The van der Waals surface area contributed by atoms with Crippen LogP contribution in [-0.2, 0) is 21.4 Å². The van der Waals surface area contributed by atoms with Crippen LogP contribution >= 0.6 is 11.3 Å². The maximum Gasteiger partial charge on any atom is 0.349 e. The van der Waals surface area contributed by atoms with Crippen molar-refractivity contribution in [3.05, 3.63) is 56.7 Å². The molecule has 9 nitrogen and oxygen atoms in total. The third-order valence-electron chi connectivity index (χ3n) is 4.58. The van der Waals surface area contributed by atoms with E-state index in [2.05, 4.69) is 10.3 Å². The molecular weight excluding hydrogens is 465 g/mol. The van der Waals surface area contributed by atoms with E-state index in [1.165, 1.54) is 24.9 Å². The zero-order valence-corrected chi connectivity index (χ0v) is 18.3. The molecule has 0 unspecified atom stereocenters. The van der Waals surface area contributed by atoms with Gasteiger partial charge in [0.2, 0.25) is 5.91 Å². The van der Waals surface area contributed by atoms with Crippen molar-refractivity contribution in [2.24, 2.45) is 7.05 Å². The van der Waals surface area contributed by atoms with Crippen LogP contribution < -0.4 is 16.2 Å². The maximum atomic E-state index is 13.6. The van der Waals surface area contributed by atoms with Gasteiger partial charge in [0.05, 0.1) is 23.9 Å². The third-order valence-corrected chi connectivity index (χ3v) is 5.76. The number of nitrogens with one attached hydrogen (secondary N) is 2. The minimum Gasteiger partial charge on any atom is -0.448 e. The molecule has 13 heteroatoms. The van der Waals surface area contributed by atoms with E-state index in [1.807, 2.05) is 5.32 Å². The van der Waals surface area contributed by atoms with Gasteiger partial charge in [-0.25, -0.2) is 22.9 Å². The zero-order chi connectivity index (χ0) is 24.4. The lowest BCUT2D eigenvalue weighted by atomic mass is 10.2. The second-order valence-corrected chi connectivity index (χ2v) is 7.93. The summed E-state index contributed by atoms with van der Waals surface area (Å²) in [5.41, 5.74) is -0.566. The number of fused-ring (bicyclic) bond motifs is 1. The van der Waals surface area contributed by atoms with E-state index in [-0.39, 0.29) is 15.8 Å². The van der Waals surface area contributed by atoms with E-state index in [0.29, 0.717) is 16.5 Å². The highest BCUT2D eigenvalue weighted by molar-refractivity contribution is 7.20. The van der Waals surface area contributed by atoms with Crippen molar-refractivity contribution in [2.45, 2.75) is 20.0 Å². The number of carbonyl (C=O) groups excluding carboxylic acids is 3. The number of anilines is 1. The highest BCUT2D eigenvalue weighted by Gasteiger charge is 2.25. The molecule has 0 radical (unpaired) electrons. The van der Waals surface area contributed by atoms with Crippen molar-refractivity contribution < 1.29 is 32.3 Å². The summed E-state index contributed by atoms with van der Waals surface area (Å²) in [7, 11) is 1.52. The standard InChI is InChI=1S/C20H17F3N4O5S/c1-8-13-18(25-7-27(3)19(13)30)33-16(8)20(31)32-9(2)17(29)24-6-12(28)26-11-5-4-10(21)14(22)15(11)23/h4-5,7,9H,6H2,1-3H3,(H,24,29)(H,26,28)/t9-/m1/s1. The van der Waals surface area contributed by atoms with Crippen LogP contribution in [0, 0.1) is 24.4 Å². The van der Waals surface area contributed by atoms with Crippen LogP contribution in [0.2, 0.25) is 0 Å². The molecule has 0 fully saturated rings. The molecule has 3 aromatic rings. The number of ether oxygens (including phenoxy) is 1. The molecule has 0 spiro atoms. The molecule has 2 amide bonds. The number of rotatable bonds is 6. The van der Waals surface area contributed by atoms with Crippen molar-refractivity contribution in [1.82, 2.24) is 14.9 Å². The van der Waals surface area contributed by atoms with Crippen LogP contribution in [0.15, 0.2) is 23.3 Å². The van der Waals surface area contributed by atoms with E-state index in [4.69, 9.17) is 4.74 Å². The fraction of sp³-hybridized carbons (Fsp3) is 0.250. The molecule has 2 aromatic heterocycles. The monoisotopic (exact) mass is 482 g/mol. The van der Waals surface area contributed by atoms with Crippen LogP contribution in [0.1, 0.15) is 22.2 Å². The van der Waals surface area contributed by atoms with Gasteiger partial charge in [-0.05, 0) is 31.5 Å². The maximum absolute atomic E-state index is 13.6. The molecule has 0 saturated heterocycles. The highest BCUT2D eigenvalue weighted by Crippen LogP contribution is 2.27. The van der Waals surface area contributed by atoms with Gasteiger partial charge in [0.25, 0.3) is 11.5 Å². The van der Waals surface area contributed by atoms with Gasteiger partial charge in [-0.2, -0.15) is 0 Å². The number of halogens is 3. The van der Waals surface area contributed by atoms with Crippen LogP contribution in [0.3, 0.4) is 0 Å². The Morgan fingerprint density at radius 2 is 1.91 bits per heavy atom. The Bertz CT molecular complexity index is 1340. The number of hydrogen-bond donors (Lipinski definition) is 2. The number of carbonyl (C=O) groups is 3. The molecule has 1 atom stereocenters. The molecule has 33 heavy (non-hydrogen) atoms. The summed E-state index contributed by atoms with van der Waals surface area (Å²) in [6.45, 7) is 2.17. The minimum atomic E-state index is -1.75. The summed E-state index contributed by atoms with van der Waals surface area (Å²) >= 11 is 0.944. The SMILES string of the molecule is Cc1c(C(=O)O[C@H](C)C(=O)NCC(=O)Nc2ccc(F)c(F)c2F)sc2ncn(C)c(=O)c12. The number of esters is 1. The summed E-state index contributed by atoms with van der Waals surface area (Å²) in [6, 6.07) is 1.46. The number of thiophene rings is 1. The van der Waals surface area contributed by atoms with E-state index in [1.54, 1.807) is 6.92 Å². The average Bonchev–Trinajstić information content (AvgIpc) is 3.12. The Morgan fingerprint density at radius 3 is 2.61 bits per heavy atom. The molecule has 1 aromatic carbocycles. The van der Waals surface area contributed by atoms with Gasteiger partial charge in [0.15, 0.2) is 23.6 Å². The Hall–Kier alpha value is -3.74. The topological polar surface area (TPSA) is 119 Å². The first-order chi connectivity index (χ1) is 15.5. The first kappa shape index (κ1) is 23.9. The quantitative estimate of drug-likeness (QED) is 0.410. The zero-order valence-electron chi connectivity index (χ0n) is 17.5. The van der Waals surface area contributed by atoms with Crippen LogP contribution in [-0.4, -0.2) is 40.0 Å². The van der Waals surface area contributed by atoms with Gasteiger partial charge < -0.3 is 19.9 Å². The summed E-state index contributed by atoms with van der Waals surface area (Å²) in [6.07, 6.45) is 0.00829. The lowest BCUT2D eigenvalue weighted by molar-refractivity contribution is -0.130. The van der Waals surface area contributed by atoms with Gasteiger partial charge in [-0.3, -0.25) is 14.4 Å². The second-order valence-electron chi connectivity index (χ2n) is 6.93. The molecule has 0 saturated carbocycles. The predicted octanol–water partition coefficient (Wildman–Crippen LogP) is 2.02. The number of nitrogens with zero attached hydrogens (tertiary/aromatic N) is 2. The molecule has 2 heterocycles. The fourth-order valence-electron chi connectivity index (χ4n) is 2.80. The number of benzene rings is 1. The van der Waals surface area contributed by atoms with Crippen molar-refractivity contribution in [3.8, 4) is 0 Å². The minimum absolute atomic E-state index is 0.104. The smallest absolute Gasteiger partial charge is 0.349 e. The third kappa shape index (κ3) is 4.87. The van der Waals surface area contributed by atoms with Crippen LogP contribution in [0.5, 0.6) is 0 Å². The summed E-state index contributed by atoms with van der Waals surface area (Å²) in [5.74, 6) is -7.36. The lowest BCUT2D eigenvalue weighted by Gasteiger charge is -2.13. The molecule has 174 valence electrons. The number of hydrogen-bond acceptors (Lipinski definition) is 7. The number of aromatic nitrogens is 2. The number of aryl methyl sites for hydroxylation is 2. The van der Waals surface area contributed by atoms with Crippen molar-refractivity contribution in [2.75, 3.05) is 11.9 Å². The van der Waals surface area contributed by atoms with E-state index < -0.39 is 53.6 Å². The Kier molecular flexibility index (Phi) is 6.81. The molecular formula is C20H17F3N4O5S. The largest absolute Gasteiger partial charge is 0.448 e. The van der Waals surface area contributed by atoms with E-state index in [9.17, 15) is 32.3 Å². The van der Waals surface area contributed by atoms with Gasteiger partial charge in [0, 0.05) is 7.05 Å². The molecule has 0 aliphatic heterocycles. The Morgan fingerprint density at radius 1 is 1.21 bits per heavy atom. The predicted molar refractivity (Wildman–Crippen MR) is 112 cm³/mol. The first-order valence-electron chi connectivity index (χ1n) is 9.38. The van der Waals surface area contributed by atoms with Gasteiger partial charge in [0.1, 0.15) is 9.71 Å². The Labute approximate surface area is 188 Å². The van der Waals surface area contributed by atoms with Gasteiger partial charge >= 0.3 is 5.97 Å². The number of amides is 2. The first-order valence-corrected chi connectivity index (χ1v) is 10.2. The summed E-state index contributed by atoms with van der Waals surface area (Å²) in [5, 5.41) is 4.45. The fourth-order valence-corrected chi connectivity index (χ4v) is 3.82. The molecule has 3 rings (SSSR count). The Balaban J connectivity index is 1.60.